The summed E-state index contributed by atoms with van der Waals surface area (Å²) in [5.41, 5.74) is -2.01. The van der Waals surface area contributed by atoms with Crippen LogP contribution >= 0.6 is 31.9 Å². The van der Waals surface area contributed by atoms with Crippen LogP contribution in [0.15, 0.2) is 0 Å². The van der Waals surface area contributed by atoms with E-state index in [0.29, 0.717) is 36.8 Å². The van der Waals surface area contributed by atoms with Crippen LogP contribution in [0.1, 0.15) is 81.6 Å². The Kier molecular flexibility index (Phi) is 21.4. The van der Waals surface area contributed by atoms with Crippen LogP contribution in [0, 0.1) is 0 Å². The number of amides is 4. The number of β-amino-alcohol motifs (C(OH)–C–C–N with tert-alkyl or cyclic N) is 1. The molecule has 334 valence electrons. The topological polar surface area (TPSA) is 223 Å². The summed E-state index contributed by atoms with van der Waals surface area (Å²) >= 11 is 6.46. The number of aliphatic hydroxyl groups is 1. The highest BCUT2D eigenvalue weighted by Crippen LogP contribution is 2.27. The van der Waals surface area contributed by atoms with Crippen LogP contribution in [0.3, 0.4) is 0 Å². The first-order valence-electron chi connectivity index (χ1n) is 18.6. The zero-order valence-electron chi connectivity index (χ0n) is 35.5. The van der Waals surface area contributed by atoms with Gasteiger partial charge in [0.1, 0.15) is 41.0 Å². The molecule has 58 heavy (non-hydrogen) atoms. The normalized spacial score (nSPS) is 23.2. The first kappa shape index (κ1) is 52.7. The van der Waals surface area contributed by atoms with Crippen LogP contribution < -0.4 is 0 Å². The summed E-state index contributed by atoms with van der Waals surface area (Å²) in [7, 11) is 3.76. The van der Waals surface area contributed by atoms with Gasteiger partial charge in [0.15, 0.2) is 0 Å². The van der Waals surface area contributed by atoms with Gasteiger partial charge < -0.3 is 43.0 Å². The van der Waals surface area contributed by atoms with E-state index >= 15 is 0 Å². The van der Waals surface area contributed by atoms with Gasteiger partial charge in [0.25, 0.3) is 5.91 Å². The number of rotatable bonds is 9. The standard InChI is InChI=1S/C13H20BrNO6.C13H22BrNO5.C11H19NO5/c1-13(2,3)21-12(18)15-8(11(17)19-4)7-9(10(15)16)20-6-5-14;1-13(2,3)20-12(17)15-8-9(19-6-5-14)7-10(15)11(16)18-4;1-11(2,3)17-10(15)12-6-7(13)5-8(12)9(14)16-4/h8-9H,5-7H2,1-4H3;9-10H,5-8H2,1-4H3;7-8,13H,5-6H2,1-4H3/t8?,9-;9-,10?;7-,8?/m000/s1. The highest BCUT2D eigenvalue weighted by molar-refractivity contribution is 9.09. The average Bonchev–Trinajstić information content (AvgIpc) is 3.82. The number of carbonyl (C=O) groups excluding carboxylic acids is 7. The zero-order valence-corrected chi connectivity index (χ0v) is 38.7. The van der Waals surface area contributed by atoms with Crippen LogP contribution in [0.25, 0.3) is 0 Å². The molecular weight excluding hydrogens is 902 g/mol. The second-order valence-electron chi connectivity index (χ2n) is 16.2. The minimum absolute atomic E-state index is 0.0672. The summed E-state index contributed by atoms with van der Waals surface area (Å²) in [5, 5.41) is 10.8. The molecular formula is C37H61Br2N3O16. The Labute approximate surface area is 357 Å². The molecule has 1 N–H and O–H groups in total. The van der Waals surface area contributed by atoms with Gasteiger partial charge in [0.05, 0.1) is 59.8 Å². The third kappa shape index (κ3) is 17.5. The SMILES string of the molecule is COC(=O)C1C[C@H](O)CN1C(=O)OC(C)(C)C.COC(=O)C1C[C@H](OCCBr)C(=O)N1C(=O)OC(C)(C)C.COC(=O)C1C[C@H](OCCBr)CN1C(=O)OC(C)(C)C. The van der Waals surface area contributed by atoms with Gasteiger partial charge in [-0.1, -0.05) is 31.9 Å². The molecule has 6 atom stereocenters. The Hall–Kier alpha value is -3.27. The molecule has 4 amide bonds. The number of carbonyl (C=O) groups is 7. The van der Waals surface area contributed by atoms with Crippen molar-refractivity contribution in [2.24, 2.45) is 0 Å². The molecule has 0 aromatic heterocycles. The lowest BCUT2D eigenvalue weighted by molar-refractivity contribution is -0.149. The number of likely N-dealkylation sites (tertiary alicyclic amines) is 3. The van der Waals surface area contributed by atoms with Gasteiger partial charge in [-0.25, -0.2) is 33.7 Å². The van der Waals surface area contributed by atoms with Crippen molar-refractivity contribution in [1.29, 1.82) is 0 Å². The van der Waals surface area contributed by atoms with E-state index in [-0.39, 0.29) is 25.5 Å². The number of methoxy groups -OCH3 is 3. The Morgan fingerprint density at radius 3 is 1.43 bits per heavy atom. The number of ether oxygens (including phenoxy) is 8. The van der Waals surface area contributed by atoms with E-state index in [1.807, 2.05) is 0 Å². The van der Waals surface area contributed by atoms with Crippen molar-refractivity contribution in [1.82, 2.24) is 14.7 Å². The van der Waals surface area contributed by atoms with Crippen molar-refractivity contribution in [3.8, 4) is 0 Å². The molecule has 0 bridgehead atoms. The van der Waals surface area contributed by atoms with Crippen molar-refractivity contribution >= 4 is 74.0 Å². The summed E-state index contributed by atoms with van der Waals surface area (Å²) in [6.07, 6.45) is -3.05. The second kappa shape index (κ2) is 23.5. The molecule has 3 heterocycles. The second-order valence-corrected chi connectivity index (χ2v) is 17.7. The first-order valence-corrected chi connectivity index (χ1v) is 20.8. The molecule has 3 fully saturated rings. The maximum absolute atomic E-state index is 12.2. The molecule has 0 saturated carbocycles. The highest BCUT2D eigenvalue weighted by Gasteiger charge is 2.49. The molecule has 3 aliphatic rings. The lowest BCUT2D eigenvalue weighted by atomic mass is 10.2. The molecule has 0 aromatic carbocycles. The van der Waals surface area contributed by atoms with E-state index in [1.54, 1.807) is 62.3 Å². The van der Waals surface area contributed by atoms with Crippen LogP contribution in [0.2, 0.25) is 0 Å². The predicted octanol–water partition coefficient (Wildman–Crippen LogP) is 3.95. The van der Waals surface area contributed by atoms with Crippen molar-refractivity contribution in [2.75, 3.05) is 58.3 Å². The van der Waals surface area contributed by atoms with Gasteiger partial charge in [-0.05, 0) is 62.3 Å². The van der Waals surface area contributed by atoms with Crippen molar-refractivity contribution in [2.45, 2.75) is 135 Å². The van der Waals surface area contributed by atoms with Gasteiger partial charge in [0, 0.05) is 29.9 Å². The molecule has 0 radical (unpaired) electrons. The molecule has 0 aliphatic carbocycles. The number of hydrogen-bond acceptors (Lipinski definition) is 16. The Bertz CT molecular complexity index is 1410. The predicted molar refractivity (Wildman–Crippen MR) is 213 cm³/mol. The van der Waals surface area contributed by atoms with Gasteiger partial charge in [0.2, 0.25) is 0 Å². The molecule has 19 nitrogen and oxygen atoms in total. The number of nitrogens with zero attached hydrogens (tertiary/aromatic N) is 3. The van der Waals surface area contributed by atoms with E-state index < -0.39 is 89.2 Å². The van der Waals surface area contributed by atoms with Gasteiger partial charge in [-0.15, -0.1) is 0 Å². The minimum Gasteiger partial charge on any atom is -0.467 e. The number of aliphatic hydroxyl groups excluding tert-OH is 1. The van der Waals surface area contributed by atoms with E-state index in [9.17, 15) is 38.7 Å². The van der Waals surface area contributed by atoms with Crippen molar-refractivity contribution in [3.63, 3.8) is 0 Å². The Morgan fingerprint density at radius 1 is 0.603 bits per heavy atom. The van der Waals surface area contributed by atoms with E-state index in [4.69, 9.17) is 28.4 Å². The van der Waals surface area contributed by atoms with Crippen molar-refractivity contribution in [3.05, 3.63) is 0 Å². The third-order valence-electron chi connectivity index (χ3n) is 7.90. The van der Waals surface area contributed by atoms with Gasteiger partial charge >= 0.3 is 36.2 Å². The molecule has 3 aliphatic heterocycles. The number of esters is 3. The first-order chi connectivity index (χ1) is 26.7. The Balaban J connectivity index is 0.000000437. The maximum atomic E-state index is 12.2. The molecule has 3 rings (SSSR count). The molecule has 3 saturated heterocycles. The number of hydrogen-bond donors (Lipinski definition) is 1. The Morgan fingerprint density at radius 2 is 1.00 bits per heavy atom. The smallest absolute Gasteiger partial charge is 0.417 e. The van der Waals surface area contributed by atoms with E-state index in [0.717, 1.165) is 4.90 Å². The number of imide groups is 1. The van der Waals surface area contributed by atoms with E-state index in [2.05, 4.69) is 41.3 Å². The summed E-state index contributed by atoms with van der Waals surface area (Å²) < 4.78 is 40.5. The highest BCUT2D eigenvalue weighted by atomic mass is 79.9. The van der Waals surface area contributed by atoms with Crippen LogP contribution in [0.5, 0.6) is 0 Å². The van der Waals surface area contributed by atoms with Gasteiger partial charge in [-0.3, -0.25) is 14.6 Å². The molecule has 0 spiro atoms. The summed E-state index contributed by atoms with van der Waals surface area (Å²) in [6.45, 7) is 16.9. The van der Waals surface area contributed by atoms with Crippen LogP contribution in [-0.4, -0.2) is 173 Å². The number of alkyl halides is 2. The minimum atomic E-state index is -1.02. The molecule has 21 heteroatoms. The fourth-order valence-electron chi connectivity index (χ4n) is 5.62. The van der Waals surface area contributed by atoms with Crippen LogP contribution in [-0.2, 0) is 57.1 Å². The summed E-state index contributed by atoms with van der Waals surface area (Å²) in [4.78, 5) is 86.7. The zero-order chi connectivity index (χ0) is 44.8. The monoisotopic (exact) mass is 961 g/mol. The molecule has 0 aromatic rings. The summed E-state index contributed by atoms with van der Waals surface area (Å²) in [6, 6.07) is -2.42. The average molecular weight is 964 g/mol. The lowest BCUT2D eigenvalue weighted by Crippen LogP contribution is -2.46. The largest absolute Gasteiger partial charge is 0.467 e. The molecule has 3 unspecified atom stereocenters. The fraction of sp³-hybridized carbons (Fsp3) is 0.811. The fourth-order valence-corrected chi connectivity index (χ4v) is 5.99. The lowest BCUT2D eigenvalue weighted by Gasteiger charge is -2.27. The summed E-state index contributed by atoms with van der Waals surface area (Å²) in [5.74, 6) is -2.23. The quantitative estimate of drug-likeness (QED) is 0.196. The number of halogens is 2. The van der Waals surface area contributed by atoms with Crippen molar-refractivity contribution < 1.29 is 76.6 Å². The third-order valence-corrected chi connectivity index (χ3v) is 8.54. The van der Waals surface area contributed by atoms with E-state index in [1.165, 1.54) is 31.1 Å². The van der Waals surface area contributed by atoms with Gasteiger partial charge in [-0.2, -0.15) is 0 Å². The van der Waals surface area contributed by atoms with Crippen LogP contribution in [0.4, 0.5) is 14.4 Å². The maximum Gasteiger partial charge on any atom is 0.417 e.